The summed E-state index contributed by atoms with van der Waals surface area (Å²) in [6.07, 6.45) is 3.83. The van der Waals surface area contributed by atoms with Crippen molar-refractivity contribution in [1.82, 2.24) is 0 Å². The third-order valence-corrected chi connectivity index (χ3v) is 3.39. The van der Waals surface area contributed by atoms with Gasteiger partial charge in [0.05, 0.1) is 0 Å². The molecule has 0 radical (unpaired) electrons. The van der Waals surface area contributed by atoms with E-state index < -0.39 is 0 Å². The minimum absolute atomic E-state index is 0.745. The van der Waals surface area contributed by atoms with E-state index in [0.717, 1.165) is 21.7 Å². The number of halogens is 1. The summed E-state index contributed by atoms with van der Waals surface area (Å²) in [5, 5.41) is 0.745. The van der Waals surface area contributed by atoms with E-state index >= 15 is 0 Å². The second-order valence-electron chi connectivity index (χ2n) is 4.76. The van der Waals surface area contributed by atoms with Gasteiger partial charge < -0.3 is 4.90 Å². The van der Waals surface area contributed by atoms with E-state index in [1.807, 2.05) is 50.5 Å². The number of nitrogens with zero attached hydrogens (tertiary/aromatic N) is 1. The topological polar surface area (TPSA) is 3.24 Å². The summed E-state index contributed by atoms with van der Waals surface area (Å²) in [6, 6.07) is 16.3. The Morgan fingerprint density at radius 3 is 1.90 bits per heavy atom. The van der Waals surface area contributed by atoms with Crippen LogP contribution in [-0.4, -0.2) is 14.1 Å². The molecule has 20 heavy (non-hydrogen) atoms. The van der Waals surface area contributed by atoms with E-state index in [2.05, 4.69) is 35.7 Å². The Morgan fingerprint density at radius 1 is 0.950 bits per heavy atom. The van der Waals surface area contributed by atoms with Crippen molar-refractivity contribution in [3.63, 3.8) is 0 Å². The van der Waals surface area contributed by atoms with Crippen molar-refractivity contribution in [1.29, 1.82) is 0 Å². The van der Waals surface area contributed by atoms with Gasteiger partial charge in [-0.25, -0.2) is 0 Å². The highest BCUT2D eigenvalue weighted by Crippen LogP contribution is 2.26. The second kappa shape index (κ2) is 6.44. The fraction of sp³-hybridized carbons (Fsp3) is 0.111. The van der Waals surface area contributed by atoms with Crippen LogP contribution < -0.4 is 4.90 Å². The molecule has 0 N–H and O–H groups in total. The summed E-state index contributed by atoms with van der Waals surface area (Å²) in [5.41, 5.74) is 4.62. The predicted octanol–water partition coefficient (Wildman–Crippen LogP) is 5.02. The molecule has 0 saturated heterocycles. The first kappa shape index (κ1) is 14.4. The van der Waals surface area contributed by atoms with Crippen LogP contribution in [0.15, 0.2) is 67.3 Å². The average Bonchev–Trinajstić information content (AvgIpc) is 2.46. The smallest absolute Gasteiger partial charge is 0.0406 e. The van der Waals surface area contributed by atoms with Crippen LogP contribution in [0, 0.1) is 0 Å². The molecule has 0 aliphatic rings. The van der Waals surface area contributed by atoms with Gasteiger partial charge in [0.2, 0.25) is 0 Å². The van der Waals surface area contributed by atoms with E-state index in [9.17, 15) is 0 Å². The Labute approximate surface area is 125 Å². The van der Waals surface area contributed by atoms with Crippen molar-refractivity contribution in [2.24, 2.45) is 0 Å². The van der Waals surface area contributed by atoms with E-state index in [4.69, 9.17) is 11.6 Å². The zero-order valence-electron chi connectivity index (χ0n) is 11.8. The molecule has 0 aliphatic heterocycles. The lowest BCUT2D eigenvalue weighted by atomic mass is 9.97. The Morgan fingerprint density at radius 2 is 1.45 bits per heavy atom. The lowest BCUT2D eigenvalue weighted by Gasteiger charge is -2.14. The Balaban J connectivity index is 2.41. The lowest BCUT2D eigenvalue weighted by Crippen LogP contribution is -2.08. The standard InChI is InChI=1S/C18H18ClN/c1-4-5-18(14-6-10-16(19)11-7-14)15-8-12-17(13-9-15)20(2)3/h4-13H,1H2,2-3H3. The molecular weight excluding hydrogens is 266 g/mol. The molecule has 0 saturated carbocycles. The number of allylic oxidation sites excluding steroid dienone is 2. The fourth-order valence-corrected chi connectivity index (χ4v) is 2.17. The van der Waals surface area contributed by atoms with Crippen molar-refractivity contribution in [3.05, 3.63) is 83.4 Å². The van der Waals surface area contributed by atoms with Crippen LogP contribution in [0.25, 0.3) is 5.57 Å². The molecule has 0 atom stereocenters. The quantitative estimate of drug-likeness (QED) is 0.712. The molecular formula is C18H18ClN. The third kappa shape index (κ3) is 3.31. The first-order valence-electron chi connectivity index (χ1n) is 6.48. The van der Waals surface area contributed by atoms with Crippen LogP contribution in [0.1, 0.15) is 11.1 Å². The third-order valence-electron chi connectivity index (χ3n) is 3.13. The van der Waals surface area contributed by atoms with Crippen molar-refractivity contribution in [3.8, 4) is 0 Å². The Kier molecular flexibility index (Phi) is 4.65. The number of hydrogen-bond donors (Lipinski definition) is 0. The molecule has 0 aliphatic carbocycles. The minimum Gasteiger partial charge on any atom is -0.378 e. The van der Waals surface area contributed by atoms with Gasteiger partial charge in [0.1, 0.15) is 0 Å². The maximum Gasteiger partial charge on any atom is 0.0406 e. The monoisotopic (exact) mass is 283 g/mol. The number of benzene rings is 2. The SMILES string of the molecule is C=CC=C(c1ccc(Cl)cc1)c1ccc(N(C)C)cc1. The largest absolute Gasteiger partial charge is 0.378 e. The summed E-state index contributed by atoms with van der Waals surface area (Å²) < 4.78 is 0. The Hall–Kier alpha value is -1.99. The van der Waals surface area contributed by atoms with E-state index in [-0.39, 0.29) is 0 Å². The molecule has 102 valence electrons. The number of anilines is 1. The van der Waals surface area contributed by atoms with Gasteiger partial charge in [0, 0.05) is 24.8 Å². The van der Waals surface area contributed by atoms with Crippen LogP contribution in [-0.2, 0) is 0 Å². The van der Waals surface area contributed by atoms with Gasteiger partial charge >= 0.3 is 0 Å². The van der Waals surface area contributed by atoms with E-state index in [1.165, 1.54) is 5.69 Å². The van der Waals surface area contributed by atoms with Gasteiger partial charge in [0.15, 0.2) is 0 Å². The van der Waals surface area contributed by atoms with Gasteiger partial charge in [0.25, 0.3) is 0 Å². The van der Waals surface area contributed by atoms with Crippen molar-refractivity contribution < 1.29 is 0 Å². The highest BCUT2D eigenvalue weighted by molar-refractivity contribution is 6.30. The molecule has 0 amide bonds. The first-order valence-corrected chi connectivity index (χ1v) is 6.86. The molecule has 1 nitrogen and oxygen atoms in total. The van der Waals surface area contributed by atoms with Crippen molar-refractivity contribution in [2.45, 2.75) is 0 Å². The van der Waals surface area contributed by atoms with Crippen molar-refractivity contribution >= 4 is 22.9 Å². The zero-order valence-corrected chi connectivity index (χ0v) is 12.6. The maximum absolute atomic E-state index is 5.95. The average molecular weight is 284 g/mol. The predicted molar refractivity (Wildman–Crippen MR) is 89.5 cm³/mol. The van der Waals surface area contributed by atoms with Crippen LogP contribution in [0.3, 0.4) is 0 Å². The van der Waals surface area contributed by atoms with E-state index in [1.54, 1.807) is 0 Å². The molecule has 0 heterocycles. The zero-order chi connectivity index (χ0) is 14.5. The highest BCUT2D eigenvalue weighted by Gasteiger charge is 2.05. The van der Waals surface area contributed by atoms with Gasteiger partial charge in [-0.2, -0.15) is 0 Å². The molecule has 0 unspecified atom stereocenters. The summed E-state index contributed by atoms with van der Waals surface area (Å²) in [7, 11) is 4.07. The molecule has 0 fully saturated rings. The fourth-order valence-electron chi connectivity index (χ4n) is 2.05. The summed E-state index contributed by atoms with van der Waals surface area (Å²) in [4.78, 5) is 2.09. The summed E-state index contributed by atoms with van der Waals surface area (Å²) in [6.45, 7) is 3.80. The van der Waals surface area contributed by atoms with Gasteiger partial charge in [-0.15, -0.1) is 0 Å². The lowest BCUT2D eigenvalue weighted by molar-refractivity contribution is 1.13. The molecule has 2 aromatic rings. The minimum atomic E-state index is 0.745. The van der Waals surface area contributed by atoms with Crippen LogP contribution in [0.4, 0.5) is 5.69 Å². The molecule has 2 aromatic carbocycles. The van der Waals surface area contributed by atoms with Crippen LogP contribution in [0.5, 0.6) is 0 Å². The Bertz CT molecular complexity index is 607. The summed E-state index contributed by atoms with van der Waals surface area (Å²) >= 11 is 5.95. The van der Waals surface area contributed by atoms with Crippen molar-refractivity contribution in [2.75, 3.05) is 19.0 Å². The molecule has 2 rings (SSSR count). The normalized spacial score (nSPS) is 11.2. The van der Waals surface area contributed by atoms with Gasteiger partial charge in [-0.1, -0.05) is 54.6 Å². The molecule has 0 bridgehead atoms. The highest BCUT2D eigenvalue weighted by atomic mass is 35.5. The second-order valence-corrected chi connectivity index (χ2v) is 5.20. The number of rotatable bonds is 4. The van der Waals surface area contributed by atoms with Crippen LogP contribution in [0.2, 0.25) is 5.02 Å². The maximum atomic E-state index is 5.95. The van der Waals surface area contributed by atoms with Gasteiger partial charge in [-0.3, -0.25) is 0 Å². The first-order chi connectivity index (χ1) is 9.61. The molecule has 0 spiro atoms. The van der Waals surface area contributed by atoms with Gasteiger partial charge in [-0.05, 0) is 41.0 Å². The number of hydrogen-bond acceptors (Lipinski definition) is 1. The van der Waals surface area contributed by atoms with E-state index in [0.29, 0.717) is 0 Å². The summed E-state index contributed by atoms with van der Waals surface area (Å²) in [5.74, 6) is 0. The molecule has 0 aromatic heterocycles. The molecule has 2 heteroatoms. The van der Waals surface area contributed by atoms with Crippen LogP contribution >= 0.6 is 11.6 Å².